The summed E-state index contributed by atoms with van der Waals surface area (Å²) < 4.78 is 5.26. The van der Waals surface area contributed by atoms with E-state index in [-0.39, 0.29) is 11.4 Å². The summed E-state index contributed by atoms with van der Waals surface area (Å²) in [7, 11) is 0. The van der Waals surface area contributed by atoms with Crippen molar-refractivity contribution in [3.05, 3.63) is 11.8 Å². The fourth-order valence-electron chi connectivity index (χ4n) is 2.27. The largest absolute Gasteiger partial charge is 0.359 e. The Morgan fingerprint density at radius 1 is 1.47 bits per heavy atom. The molecule has 1 unspecified atom stereocenters. The van der Waals surface area contributed by atoms with Gasteiger partial charge in [0.1, 0.15) is 5.76 Å². The molecule has 1 aromatic heterocycles. The number of hydrogen-bond donors (Lipinski definition) is 1. The highest BCUT2D eigenvalue weighted by atomic mass is 16.5. The number of hydrogen-bond acceptors (Lipinski definition) is 3. The van der Waals surface area contributed by atoms with Crippen LogP contribution in [0.15, 0.2) is 10.6 Å². The van der Waals surface area contributed by atoms with E-state index in [0.717, 1.165) is 25.1 Å². The third-order valence-electron chi connectivity index (χ3n) is 3.55. The van der Waals surface area contributed by atoms with E-state index in [1.807, 2.05) is 25.7 Å². The predicted molar refractivity (Wildman–Crippen MR) is 74.2 cm³/mol. The van der Waals surface area contributed by atoms with Gasteiger partial charge in [-0.3, -0.25) is 5.32 Å². The monoisotopic (exact) mass is 265 g/mol. The maximum atomic E-state index is 12.2. The Bertz CT molecular complexity index is 448. The van der Waals surface area contributed by atoms with E-state index in [0.29, 0.717) is 11.9 Å². The first-order chi connectivity index (χ1) is 8.88. The molecule has 0 bridgehead atoms. The minimum atomic E-state index is -0.103. The van der Waals surface area contributed by atoms with E-state index >= 15 is 0 Å². The van der Waals surface area contributed by atoms with Crippen molar-refractivity contribution in [2.45, 2.75) is 58.4 Å². The number of nitrogens with one attached hydrogen (secondary N) is 1. The van der Waals surface area contributed by atoms with E-state index in [9.17, 15) is 4.79 Å². The number of carbonyl (C=O) groups excluding carboxylic acids is 1. The maximum Gasteiger partial charge on any atom is 0.323 e. The summed E-state index contributed by atoms with van der Waals surface area (Å²) in [5, 5.41) is 6.73. The van der Waals surface area contributed by atoms with E-state index < -0.39 is 0 Å². The number of aromatic nitrogens is 1. The smallest absolute Gasteiger partial charge is 0.323 e. The molecule has 1 saturated heterocycles. The number of piperidine rings is 1. The first-order valence-electron chi connectivity index (χ1n) is 6.93. The summed E-state index contributed by atoms with van der Waals surface area (Å²) in [6.07, 6.45) is 3.34. The molecule has 0 saturated carbocycles. The first-order valence-corrected chi connectivity index (χ1v) is 6.93. The normalized spacial score (nSPS) is 20.4. The van der Waals surface area contributed by atoms with Crippen molar-refractivity contribution in [3.8, 4) is 0 Å². The summed E-state index contributed by atoms with van der Waals surface area (Å²) in [6, 6.07) is 2.01. The fourth-order valence-corrected chi connectivity index (χ4v) is 2.27. The Balaban J connectivity index is 2.00. The lowest BCUT2D eigenvalue weighted by Crippen LogP contribution is -2.44. The van der Waals surface area contributed by atoms with Crippen molar-refractivity contribution < 1.29 is 9.32 Å². The topological polar surface area (TPSA) is 58.4 Å². The van der Waals surface area contributed by atoms with Gasteiger partial charge in [0.2, 0.25) is 0 Å². The van der Waals surface area contributed by atoms with Crippen LogP contribution in [0, 0.1) is 0 Å². The highest BCUT2D eigenvalue weighted by Gasteiger charge is 2.25. The van der Waals surface area contributed by atoms with Crippen LogP contribution in [-0.4, -0.2) is 28.7 Å². The van der Waals surface area contributed by atoms with Gasteiger partial charge in [-0.05, 0) is 26.2 Å². The average molecular weight is 265 g/mol. The minimum Gasteiger partial charge on any atom is -0.359 e. The number of anilines is 1. The van der Waals surface area contributed by atoms with Crippen LogP contribution >= 0.6 is 0 Å². The molecule has 2 rings (SSSR count). The first kappa shape index (κ1) is 13.9. The van der Waals surface area contributed by atoms with Crippen molar-refractivity contribution in [1.29, 1.82) is 0 Å². The fraction of sp³-hybridized carbons (Fsp3) is 0.714. The number of nitrogens with zero attached hydrogens (tertiary/aromatic N) is 2. The molecule has 0 aromatic carbocycles. The van der Waals surface area contributed by atoms with Crippen LogP contribution in [0.2, 0.25) is 0 Å². The van der Waals surface area contributed by atoms with Crippen molar-refractivity contribution in [3.63, 3.8) is 0 Å². The van der Waals surface area contributed by atoms with Crippen molar-refractivity contribution in [1.82, 2.24) is 10.1 Å². The highest BCUT2D eigenvalue weighted by Crippen LogP contribution is 2.25. The molecule has 2 heterocycles. The second kappa shape index (κ2) is 5.23. The van der Waals surface area contributed by atoms with Gasteiger partial charge < -0.3 is 9.42 Å². The highest BCUT2D eigenvalue weighted by molar-refractivity contribution is 5.88. The molecule has 1 aliphatic rings. The second-order valence-corrected chi connectivity index (χ2v) is 6.29. The van der Waals surface area contributed by atoms with Crippen LogP contribution in [0.5, 0.6) is 0 Å². The summed E-state index contributed by atoms with van der Waals surface area (Å²) in [5.74, 6) is 1.27. The maximum absolute atomic E-state index is 12.2. The molecule has 5 heteroatoms. The average Bonchev–Trinajstić information content (AvgIpc) is 2.77. The molecular weight excluding hydrogens is 242 g/mol. The van der Waals surface area contributed by atoms with Crippen molar-refractivity contribution >= 4 is 11.8 Å². The lowest BCUT2D eigenvalue weighted by Gasteiger charge is -2.32. The van der Waals surface area contributed by atoms with Gasteiger partial charge in [0.05, 0.1) is 0 Å². The Kier molecular flexibility index (Phi) is 3.83. The molecule has 0 radical (unpaired) electrons. The minimum absolute atomic E-state index is 0.0824. The molecule has 106 valence electrons. The lowest BCUT2D eigenvalue weighted by atomic mass is 9.93. The van der Waals surface area contributed by atoms with Crippen LogP contribution < -0.4 is 5.32 Å². The van der Waals surface area contributed by atoms with Gasteiger partial charge in [-0.2, -0.15) is 0 Å². The molecule has 2 amide bonds. The van der Waals surface area contributed by atoms with Crippen LogP contribution in [0.1, 0.15) is 52.7 Å². The van der Waals surface area contributed by atoms with Gasteiger partial charge in [0.25, 0.3) is 0 Å². The lowest BCUT2D eigenvalue weighted by molar-refractivity contribution is 0.170. The molecule has 1 atom stereocenters. The van der Waals surface area contributed by atoms with Gasteiger partial charge in [-0.1, -0.05) is 25.9 Å². The number of amides is 2. The number of carbonyl (C=O) groups is 1. The zero-order valence-electron chi connectivity index (χ0n) is 12.2. The van der Waals surface area contributed by atoms with Gasteiger partial charge in [-0.25, -0.2) is 4.79 Å². The van der Waals surface area contributed by atoms with Gasteiger partial charge in [0, 0.05) is 24.1 Å². The Labute approximate surface area is 114 Å². The van der Waals surface area contributed by atoms with E-state index in [4.69, 9.17) is 4.52 Å². The van der Waals surface area contributed by atoms with Gasteiger partial charge in [0.15, 0.2) is 5.82 Å². The zero-order valence-corrected chi connectivity index (χ0v) is 12.2. The van der Waals surface area contributed by atoms with Gasteiger partial charge >= 0.3 is 6.03 Å². The molecule has 5 nitrogen and oxygen atoms in total. The summed E-state index contributed by atoms with van der Waals surface area (Å²) in [6.45, 7) is 9.04. The number of urea groups is 1. The predicted octanol–water partition coefficient (Wildman–Crippen LogP) is 3.38. The Morgan fingerprint density at radius 2 is 2.21 bits per heavy atom. The van der Waals surface area contributed by atoms with Crippen LogP contribution in [0.25, 0.3) is 0 Å². The second-order valence-electron chi connectivity index (χ2n) is 6.29. The van der Waals surface area contributed by atoms with Crippen LogP contribution in [0.3, 0.4) is 0 Å². The quantitative estimate of drug-likeness (QED) is 0.846. The number of rotatable bonds is 1. The Hall–Kier alpha value is -1.52. The van der Waals surface area contributed by atoms with E-state index in [1.165, 1.54) is 6.42 Å². The standard InChI is InChI=1S/C14H23N3O2/c1-10-7-5-6-8-17(10)13(18)15-12-9-11(19-16-12)14(2,3)4/h9-10H,5-8H2,1-4H3,(H,15,16,18). The summed E-state index contributed by atoms with van der Waals surface area (Å²) >= 11 is 0. The summed E-state index contributed by atoms with van der Waals surface area (Å²) in [5.41, 5.74) is -0.103. The third-order valence-corrected chi connectivity index (χ3v) is 3.55. The number of likely N-dealkylation sites (tertiary alicyclic amines) is 1. The molecular formula is C14H23N3O2. The zero-order chi connectivity index (χ0) is 14.0. The van der Waals surface area contributed by atoms with Gasteiger partial charge in [-0.15, -0.1) is 0 Å². The van der Waals surface area contributed by atoms with Crippen LogP contribution in [0.4, 0.5) is 10.6 Å². The van der Waals surface area contributed by atoms with Crippen LogP contribution in [-0.2, 0) is 5.41 Å². The molecule has 1 aromatic rings. The molecule has 1 aliphatic heterocycles. The molecule has 0 aliphatic carbocycles. The third kappa shape index (κ3) is 3.28. The van der Waals surface area contributed by atoms with Crippen molar-refractivity contribution in [2.24, 2.45) is 0 Å². The molecule has 0 spiro atoms. The van der Waals surface area contributed by atoms with E-state index in [1.54, 1.807) is 6.07 Å². The Morgan fingerprint density at radius 3 is 2.79 bits per heavy atom. The van der Waals surface area contributed by atoms with Crippen molar-refractivity contribution in [2.75, 3.05) is 11.9 Å². The molecule has 1 fully saturated rings. The van der Waals surface area contributed by atoms with E-state index in [2.05, 4.69) is 17.4 Å². The SMILES string of the molecule is CC1CCCCN1C(=O)Nc1cc(C(C)(C)C)on1. The molecule has 19 heavy (non-hydrogen) atoms. The summed E-state index contributed by atoms with van der Waals surface area (Å²) in [4.78, 5) is 14.0. The molecule has 1 N–H and O–H groups in total.